The Morgan fingerprint density at radius 3 is 2.59 bits per heavy atom. The normalized spacial score (nSPS) is 15.4. The van der Waals surface area contributed by atoms with Crippen molar-refractivity contribution < 1.29 is 23.7 Å². The standard InChI is InChI=1S/C21H26FNO4/c1-14(2)21(15-7-8-19-20(11-15)26-10-9-25-19)23-12-16(24)13-27-18-6-4-3-5-17(18)22/h3-8,11,14,16,21,23-24H,9-10,12-13H2,1-2H3. The van der Waals surface area contributed by atoms with Crippen LogP contribution in [0.15, 0.2) is 42.5 Å². The topological polar surface area (TPSA) is 60.0 Å². The molecule has 0 aliphatic carbocycles. The van der Waals surface area contributed by atoms with Crippen molar-refractivity contribution in [1.82, 2.24) is 5.32 Å². The Morgan fingerprint density at radius 2 is 1.85 bits per heavy atom. The van der Waals surface area contributed by atoms with E-state index in [0.29, 0.717) is 25.7 Å². The lowest BCUT2D eigenvalue weighted by molar-refractivity contribution is 0.0993. The van der Waals surface area contributed by atoms with Crippen LogP contribution in [0.5, 0.6) is 17.2 Å². The lowest BCUT2D eigenvalue weighted by atomic mass is 9.95. The van der Waals surface area contributed by atoms with E-state index in [-0.39, 0.29) is 18.4 Å². The highest BCUT2D eigenvalue weighted by Gasteiger charge is 2.20. The third kappa shape index (κ3) is 5.11. The number of ether oxygens (including phenoxy) is 3. The first kappa shape index (κ1) is 19.5. The van der Waals surface area contributed by atoms with Crippen LogP contribution in [0.25, 0.3) is 0 Å². The van der Waals surface area contributed by atoms with Gasteiger partial charge in [0.25, 0.3) is 0 Å². The molecule has 0 fully saturated rings. The number of fused-ring (bicyclic) bond motifs is 1. The summed E-state index contributed by atoms with van der Waals surface area (Å²) in [7, 11) is 0. The van der Waals surface area contributed by atoms with Crippen LogP contribution in [0.3, 0.4) is 0 Å². The lowest BCUT2D eigenvalue weighted by Crippen LogP contribution is -2.36. The minimum Gasteiger partial charge on any atom is -0.488 e. The van der Waals surface area contributed by atoms with Gasteiger partial charge in [-0.25, -0.2) is 4.39 Å². The number of halogens is 1. The molecular formula is C21H26FNO4. The third-order valence-corrected chi connectivity index (χ3v) is 4.43. The van der Waals surface area contributed by atoms with E-state index in [2.05, 4.69) is 19.2 Å². The molecule has 2 N–H and O–H groups in total. The number of rotatable bonds is 8. The largest absolute Gasteiger partial charge is 0.488 e. The molecule has 2 aromatic carbocycles. The Bertz CT molecular complexity index is 753. The van der Waals surface area contributed by atoms with Crippen molar-refractivity contribution >= 4 is 0 Å². The molecule has 1 aliphatic rings. The molecule has 1 heterocycles. The van der Waals surface area contributed by atoms with Crippen molar-refractivity contribution in [2.75, 3.05) is 26.4 Å². The molecule has 5 nitrogen and oxygen atoms in total. The fraction of sp³-hybridized carbons (Fsp3) is 0.429. The Kier molecular flexibility index (Phi) is 6.53. The van der Waals surface area contributed by atoms with Gasteiger partial charge in [-0.1, -0.05) is 32.0 Å². The Hall–Kier alpha value is -2.31. The summed E-state index contributed by atoms with van der Waals surface area (Å²) in [5.74, 6) is 1.51. The molecule has 0 saturated heterocycles. The van der Waals surface area contributed by atoms with Gasteiger partial charge >= 0.3 is 0 Å². The summed E-state index contributed by atoms with van der Waals surface area (Å²) in [4.78, 5) is 0. The third-order valence-electron chi connectivity index (χ3n) is 4.43. The van der Waals surface area contributed by atoms with Gasteiger partial charge in [-0.15, -0.1) is 0 Å². The predicted octanol–water partition coefficient (Wildman–Crippen LogP) is 3.32. The molecule has 0 aromatic heterocycles. The number of nitrogens with one attached hydrogen (secondary N) is 1. The summed E-state index contributed by atoms with van der Waals surface area (Å²) in [6.07, 6.45) is -0.761. The minimum atomic E-state index is -0.761. The van der Waals surface area contributed by atoms with Crippen LogP contribution in [0, 0.1) is 11.7 Å². The van der Waals surface area contributed by atoms with Gasteiger partial charge < -0.3 is 24.6 Å². The molecule has 0 radical (unpaired) electrons. The maximum Gasteiger partial charge on any atom is 0.165 e. The number of hydrogen-bond donors (Lipinski definition) is 2. The van der Waals surface area contributed by atoms with E-state index >= 15 is 0 Å². The zero-order valence-electron chi connectivity index (χ0n) is 15.7. The summed E-state index contributed by atoms with van der Waals surface area (Å²) >= 11 is 0. The van der Waals surface area contributed by atoms with E-state index in [0.717, 1.165) is 17.1 Å². The number of aliphatic hydroxyl groups is 1. The number of aliphatic hydroxyl groups excluding tert-OH is 1. The van der Waals surface area contributed by atoms with Crippen molar-refractivity contribution in [3.8, 4) is 17.2 Å². The zero-order valence-corrected chi connectivity index (χ0v) is 15.7. The van der Waals surface area contributed by atoms with Gasteiger partial charge in [0.05, 0.1) is 0 Å². The van der Waals surface area contributed by atoms with Gasteiger partial charge in [-0.3, -0.25) is 0 Å². The molecule has 2 unspecified atom stereocenters. The monoisotopic (exact) mass is 375 g/mol. The smallest absolute Gasteiger partial charge is 0.165 e. The number of hydrogen-bond acceptors (Lipinski definition) is 5. The number of benzene rings is 2. The Labute approximate surface area is 159 Å². The SMILES string of the molecule is CC(C)C(NCC(O)COc1ccccc1F)c1ccc2c(c1)OCCO2. The van der Waals surface area contributed by atoms with Crippen LogP contribution in [-0.2, 0) is 0 Å². The molecule has 0 spiro atoms. The van der Waals surface area contributed by atoms with Gasteiger partial charge in [0.1, 0.15) is 25.9 Å². The summed E-state index contributed by atoms with van der Waals surface area (Å²) in [6, 6.07) is 12.1. The predicted molar refractivity (Wildman–Crippen MR) is 101 cm³/mol. The van der Waals surface area contributed by atoms with Crippen molar-refractivity contribution in [3.63, 3.8) is 0 Å². The molecule has 27 heavy (non-hydrogen) atoms. The highest BCUT2D eigenvalue weighted by Crippen LogP contribution is 2.34. The second-order valence-electron chi connectivity index (χ2n) is 6.93. The second-order valence-corrected chi connectivity index (χ2v) is 6.93. The van der Waals surface area contributed by atoms with Gasteiger partial charge in [-0.05, 0) is 35.7 Å². The Balaban J connectivity index is 1.57. The lowest BCUT2D eigenvalue weighted by Gasteiger charge is -2.26. The fourth-order valence-corrected chi connectivity index (χ4v) is 3.06. The van der Waals surface area contributed by atoms with Crippen molar-refractivity contribution in [2.24, 2.45) is 5.92 Å². The molecule has 3 rings (SSSR count). The molecule has 6 heteroatoms. The van der Waals surface area contributed by atoms with Crippen LogP contribution in [0.2, 0.25) is 0 Å². The average molecular weight is 375 g/mol. The van der Waals surface area contributed by atoms with E-state index in [1.807, 2.05) is 18.2 Å². The van der Waals surface area contributed by atoms with E-state index < -0.39 is 11.9 Å². The highest BCUT2D eigenvalue weighted by atomic mass is 19.1. The summed E-state index contributed by atoms with van der Waals surface area (Å²) < 4.78 is 30.2. The Morgan fingerprint density at radius 1 is 1.11 bits per heavy atom. The summed E-state index contributed by atoms with van der Waals surface area (Å²) in [6.45, 7) is 5.66. The fourth-order valence-electron chi connectivity index (χ4n) is 3.06. The maximum atomic E-state index is 13.6. The first-order chi connectivity index (χ1) is 13.0. The molecule has 0 saturated carbocycles. The van der Waals surface area contributed by atoms with Gasteiger partial charge in [0, 0.05) is 12.6 Å². The van der Waals surface area contributed by atoms with Gasteiger partial charge in [0.15, 0.2) is 23.1 Å². The maximum absolute atomic E-state index is 13.6. The van der Waals surface area contributed by atoms with Crippen LogP contribution >= 0.6 is 0 Å². The van der Waals surface area contributed by atoms with E-state index in [1.54, 1.807) is 18.2 Å². The van der Waals surface area contributed by atoms with Crippen LogP contribution in [-0.4, -0.2) is 37.6 Å². The summed E-state index contributed by atoms with van der Waals surface area (Å²) in [5, 5.41) is 13.6. The van der Waals surface area contributed by atoms with Crippen molar-refractivity contribution in [3.05, 3.63) is 53.8 Å². The molecular weight excluding hydrogens is 349 g/mol. The van der Waals surface area contributed by atoms with Crippen molar-refractivity contribution in [1.29, 1.82) is 0 Å². The molecule has 2 atom stereocenters. The highest BCUT2D eigenvalue weighted by molar-refractivity contribution is 5.44. The first-order valence-electron chi connectivity index (χ1n) is 9.23. The van der Waals surface area contributed by atoms with Crippen LogP contribution in [0.1, 0.15) is 25.5 Å². The quantitative estimate of drug-likeness (QED) is 0.741. The molecule has 0 amide bonds. The van der Waals surface area contributed by atoms with E-state index in [4.69, 9.17) is 14.2 Å². The zero-order chi connectivity index (χ0) is 19.2. The molecule has 0 bridgehead atoms. The number of para-hydroxylation sites is 1. The molecule has 2 aromatic rings. The van der Waals surface area contributed by atoms with E-state index in [1.165, 1.54) is 6.07 Å². The first-order valence-corrected chi connectivity index (χ1v) is 9.23. The molecule has 1 aliphatic heterocycles. The van der Waals surface area contributed by atoms with E-state index in [9.17, 15) is 9.50 Å². The summed E-state index contributed by atoms with van der Waals surface area (Å²) in [5.41, 5.74) is 1.07. The van der Waals surface area contributed by atoms with Crippen LogP contribution in [0.4, 0.5) is 4.39 Å². The van der Waals surface area contributed by atoms with Crippen LogP contribution < -0.4 is 19.5 Å². The minimum absolute atomic E-state index is 0.0138. The van der Waals surface area contributed by atoms with Crippen molar-refractivity contribution in [2.45, 2.75) is 26.0 Å². The second kappa shape index (κ2) is 9.06. The molecule has 146 valence electrons. The average Bonchev–Trinajstić information content (AvgIpc) is 2.67. The van der Waals surface area contributed by atoms with Gasteiger partial charge in [0.2, 0.25) is 0 Å². The van der Waals surface area contributed by atoms with Gasteiger partial charge in [-0.2, -0.15) is 0 Å².